The second kappa shape index (κ2) is 6.77. The minimum atomic E-state index is 0.0112. The van der Waals surface area contributed by atoms with E-state index in [2.05, 4.69) is 19.1 Å². The standard InChI is InChI=1S/C15H22O2/c1-2-3-4-8-11-15-16-12-14(17-15)13-9-6-5-7-10-13/h5-7,9-10,14-15H,2-4,8,11-12H2,1H3/t14-,15-/m0/s1. The molecule has 0 saturated carbocycles. The fourth-order valence-corrected chi connectivity index (χ4v) is 2.19. The third-order valence-electron chi connectivity index (χ3n) is 3.21. The second-order valence-electron chi connectivity index (χ2n) is 4.65. The van der Waals surface area contributed by atoms with Gasteiger partial charge in [-0.2, -0.15) is 0 Å². The molecule has 1 aliphatic heterocycles. The summed E-state index contributed by atoms with van der Waals surface area (Å²) in [6, 6.07) is 10.3. The van der Waals surface area contributed by atoms with Gasteiger partial charge in [-0.1, -0.05) is 56.5 Å². The van der Waals surface area contributed by atoms with E-state index in [0.717, 1.165) is 6.42 Å². The van der Waals surface area contributed by atoms with Gasteiger partial charge in [-0.3, -0.25) is 0 Å². The van der Waals surface area contributed by atoms with Crippen LogP contribution in [0.5, 0.6) is 0 Å². The molecular weight excluding hydrogens is 212 g/mol. The highest BCUT2D eigenvalue weighted by Gasteiger charge is 2.26. The molecule has 2 nitrogen and oxygen atoms in total. The molecule has 2 rings (SSSR count). The third-order valence-corrected chi connectivity index (χ3v) is 3.21. The Balaban J connectivity index is 1.72. The highest BCUT2D eigenvalue weighted by atomic mass is 16.7. The molecule has 0 radical (unpaired) electrons. The minimum absolute atomic E-state index is 0.0112. The van der Waals surface area contributed by atoms with Crippen molar-refractivity contribution in [2.24, 2.45) is 0 Å². The Kier molecular flexibility index (Phi) is 5.02. The number of hydrogen-bond donors (Lipinski definition) is 0. The van der Waals surface area contributed by atoms with Gasteiger partial charge >= 0.3 is 0 Å². The van der Waals surface area contributed by atoms with E-state index in [1.807, 2.05) is 18.2 Å². The van der Waals surface area contributed by atoms with Crippen molar-refractivity contribution in [2.45, 2.75) is 51.4 Å². The van der Waals surface area contributed by atoms with Crippen LogP contribution in [0.3, 0.4) is 0 Å². The Hall–Kier alpha value is -0.860. The maximum atomic E-state index is 5.91. The van der Waals surface area contributed by atoms with Crippen LogP contribution in [-0.4, -0.2) is 12.9 Å². The molecule has 0 bridgehead atoms. The van der Waals surface area contributed by atoms with Gasteiger partial charge in [0.05, 0.1) is 6.61 Å². The Morgan fingerprint density at radius 3 is 2.71 bits per heavy atom. The number of ether oxygens (including phenoxy) is 2. The van der Waals surface area contributed by atoms with E-state index < -0.39 is 0 Å². The highest BCUT2D eigenvalue weighted by molar-refractivity contribution is 5.18. The number of rotatable bonds is 6. The first-order chi connectivity index (χ1) is 8.40. The monoisotopic (exact) mass is 234 g/mol. The summed E-state index contributed by atoms with van der Waals surface area (Å²) in [5.41, 5.74) is 1.23. The first kappa shape index (κ1) is 12.6. The lowest BCUT2D eigenvalue weighted by Crippen LogP contribution is -2.07. The fourth-order valence-electron chi connectivity index (χ4n) is 2.19. The zero-order chi connectivity index (χ0) is 11.9. The normalized spacial score (nSPS) is 24.1. The number of benzene rings is 1. The highest BCUT2D eigenvalue weighted by Crippen LogP contribution is 2.28. The summed E-state index contributed by atoms with van der Waals surface area (Å²) in [6.45, 7) is 2.93. The van der Waals surface area contributed by atoms with Gasteiger partial charge in [0.25, 0.3) is 0 Å². The molecule has 1 aromatic carbocycles. The maximum Gasteiger partial charge on any atom is 0.158 e. The average molecular weight is 234 g/mol. The van der Waals surface area contributed by atoms with Gasteiger partial charge < -0.3 is 9.47 Å². The Morgan fingerprint density at radius 2 is 1.94 bits per heavy atom. The third kappa shape index (κ3) is 3.83. The fraction of sp³-hybridized carbons (Fsp3) is 0.600. The summed E-state index contributed by atoms with van der Waals surface area (Å²) in [7, 11) is 0. The lowest BCUT2D eigenvalue weighted by atomic mass is 10.1. The molecule has 2 heteroatoms. The van der Waals surface area contributed by atoms with Crippen molar-refractivity contribution in [3.8, 4) is 0 Å². The first-order valence-electron chi connectivity index (χ1n) is 6.72. The summed E-state index contributed by atoms with van der Waals surface area (Å²) in [5, 5.41) is 0. The molecule has 0 aromatic heterocycles. The van der Waals surface area contributed by atoms with Crippen molar-refractivity contribution in [2.75, 3.05) is 6.61 Å². The summed E-state index contributed by atoms with van der Waals surface area (Å²) < 4.78 is 11.6. The van der Waals surface area contributed by atoms with Crippen molar-refractivity contribution in [3.05, 3.63) is 35.9 Å². The largest absolute Gasteiger partial charge is 0.350 e. The van der Waals surface area contributed by atoms with E-state index in [1.54, 1.807) is 0 Å². The zero-order valence-corrected chi connectivity index (χ0v) is 10.6. The van der Waals surface area contributed by atoms with Crippen LogP contribution in [0, 0.1) is 0 Å². The summed E-state index contributed by atoms with van der Waals surface area (Å²) in [5.74, 6) is 0. The van der Waals surface area contributed by atoms with Gasteiger partial charge in [0.2, 0.25) is 0 Å². The van der Waals surface area contributed by atoms with Gasteiger partial charge in [-0.25, -0.2) is 0 Å². The van der Waals surface area contributed by atoms with E-state index >= 15 is 0 Å². The molecule has 2 atom stereocenters. The molecule has 0 unspecified atom stereocenters. The van der Waals surface area contributed by atoms with Crippen molar-refractivity contribution < 1.29 is 9.47 Å². The Labute approximate surface area is 104 Å². The van der Waals surface area contributed by atoms with E-state index in [-0.39, 0.29) is 12.4 Å². The van der Waals surface area contributed by atoms with E-state index in [1.165, 1.54) is 31.2 Å². The molecule has 1 aromatic rings. The molecule has 1 heterocycles. The molecular formula is C15H22O2. The average Bonchev–Trinajstić information content (AvgIpc) is 2.85. The van der Waals surface area contributed by atoms with Gasteiger partial charge in [0.15, 0.2) is 6.29 Å². The Morgan fingerprint density at radius 1 is 1.12 bits per heavy atom. The van der Waals surface area contributed by atoms with Crippen LogP contribution < -0.4 is 0 Å². The predicted molar refractivity (Wildman–Crippen MR) is 68.8 cm³/mol. The molecule has 17 heavy (non-hydrogen) atoms. The molecule has 1 aliphatic rings. The van der Waals surface area contributed by atoms with Crippen LogP contribution in [0.4, 0.5) is 0 Å². The van der Waals surface area contributed by atoms with Crippen LogP contribution >= 0.6 is 0 Å². The van der Waals surface area contributed by atoms with Gasteiger partial charge in [0.1, 0.15) is 6.10 Å². The quantitative estimate of drug-likeness (QED) is 0.691. The molecule has 0 amide bonds. The van der Waals surface area contributed by atoms with E-state index in [4.69, 9.17) is 9.47 Å². The molecule has 0 spiro atoms. The van der Waals surface area contributed by atoms with Crippen molar-refractivity contribution in [1.29, 1.82) is 0 Å². The molecule has 1 saturated heterocycles. The smallest absolute Gasteiger partial charge is 0.158 e. The van der Waals surface area contributed by atoms with Crippen molar-refractivity contribution >= 4 is 0 Å². The zero-order valence-electron chi connectivity index (χ0n) is 10.6. The van der Waals surface area contributed by atoms with Gasteiger partial charge in [-0.05, 0) is 18.4 Å². The van der Waals surface area contributed by atoms with Crippen LogP contribution in [0.15, 0.2) is 30.3 Å². The van der Waals surface area contributed by atoms with Crippen LogP contribution in [0.1, 0.15) is 50.7 Å². The van der Waals surface area contributed by atoms with Gasteiger partial charge in [0, 0.05) is 0 Å². The number of unbranched alkanes of at least 4 members (excludes halogenated alkanes) is 3. The first-order valence-corrected chi connectivity index (χ1v) is 6.72. The Bertz CT molecular complexity index is 310. The summed E-state index contributed by atoms with van der Waals surface area (Å²) in [6.07, 6.45) is 6.26. The number of hydrogen-bond acceptors (Lipinski definition) is 2. The van der Waals surface area contributed by atoms with Crippen molar-refractivity contribution in [3.63, 3.8) is 0 Å². The van der Waals surface area contributed by atoms with E-state index in [0.29, 0.717) is 6.61 Å². The minimum Gasteiger partial charge on any atom is -0.350 e. The molecule has 94 valence electrons. The second-order valence-corrected chi connectivity index (χ2v) is 4.65. The van der Waals surface area contributed by atoms with E-state index in [9.17, 15) is 0 Å². The lowest BCUT2D eigenvalue weighted by molar-refractivity contribution is -0.0637. The SMILES string of the molecule is CCCCCC[C@H]1OC[C@@H](c2ccccc2)O1. The van der Waals surface area contributed by atoms with Gasteiger partial charge in [-0.15, -0.1) is 0 Å². The molecule has 1 fully saturated rings. The van der Waals surface area contributed by atoms with Crippen molar-refractivity contribution in [1.82, 2.24) is 0 Å². The molecule has 0 aliphatic carbocycles. The molecule has 0 N–H and O–H groups in total. The van der Waals surface area contributed by atoms with Crippen LogP contribution in [0.2, 0.25) is 0 Å². The lowest BCUT2D eigenvalue weighted by Gasteiger charge is -2.11. The predicted octanol–water partition coefficient (Wildman–Crippen LogP) is 4.07. The maximum absolute atomic E-state index is 5.91. The summed E-state index contributed by atoms with van der Waals surface area (Å²) >= 11 is 0. The van der Waals surface area contributed by atoms with Crippen LogP contribution in [0.25, 0.3) is 0 Å². The summed E-state index contributed by atoms with van der Waals surface area (Å²) in [4.78, 5) is 0. The van der Waals surface area contributed by atoms with Crippen LogP contribution in [-0.2, 0) is 9.47 Å². The topological polar surface area (TPSA) is 18.5 Å².